The predicted molar refractivity (Wildman–Crippen MR) is 53.3 cm³/mol. The van der Waals surface area contributed by atoms with E-state index in [2.05, 4.69) is 36.7 Å². The SMILES string of the molecule is CNC(C)(C)Sc1cccs1. The molecule has 0 aromatic carbocycles. The summed E-state index contributed by atoms with van der Waals surface area (Å²) in [6.07, 6.45) is 0. The van der Waals surface area contributed by atoms with Crippen LogP contribution < -0.4 is 5.32 Å². The molecule has 0 fully saturated rings. The molecule has 0 aliphatic rings. The smallest absolute Gasteiger partial charge is 0.0640 e. The Morgan fingerprint density at radius 2 is 2.27 bits per heavy atom. The molecule has 62 valence electrons. The fourth-order valence-corrected chi connectivity index (χ4v) is 2.81. The van der Waals surface area contributed by atoms with Crippen molar-refractivity contribution < 1.29 is 0 Å². The summed E-state index contributed by atoms with van der Waals surface area (Å²) in [5.41, 5.74) is 0. The van der Waals surface area contributed by atoms with Gasteiger partial charge in [0.1, 0.15) is 0 Å². The fourth-order valence-electron chi connectivity index (χ4n) is 0.624. The van der Waals surface area contributed by atoms with Crippen LogP contribution in [-0.2, 0) is 0 Å². The lowest BCUT2D eigenvalue weighted by Gasteiger charge is -2.21. The van der Waals surface area contributed by atoms with E-state index in [1.165, 1.54) is 4.21 Å². The van der Waals surface area contributed by atoms with Crippen molar-refractivity contribution in [2.75, 3.05) is 7.05 Å². The van der Waals surface area contributed by atoms with Gasteiger partial charge in [0, 0.05) is 0 Å². The zero-order valence-corrected chi connectivity index (χ0v) is 8.68. The summed E-state index contributed by atoms with van der Waals surface area (Å²) in [5.74, 6) is 0. The highest BCUT2D eigenvalue weighted by atomic mass is 32.2. The summed E-state index contributed by atoms with van der Waals surface area (Å²) in [6, 6.07) is 4.23. The minimum Gasteiger partial charge on any atom is -0.306 e. The molecule has 0 bridgehead atoms. The van der Waals surface area contributed by atoms with Crippen LogP contribution in [0.25, 0.3) is 0 Å². The molecule has 0 unspecified atom stereocenters. The monoisotopic (exact) mass is 187 g/mol. The first-order chi connectivity index (χ1) is 5.14. The van der Waals surface area contributed by atoms with Crippen molar-refractivity contribution >= 4 is 23.1 Å². The van der Waals surface area contributed by atoms with Gasteiger partial charge in [-0.1, -0.05) is 17.8 Å². The molecule has 3 heteroatoms. The van der Waals surface area contributed by atoms with E-state index in [1.807, 2.05) is 18.8 Å². The molecule has 0 atom stereocenters. The molecule has 0 spiro atoms. The topological polar surface area (TPSA) is 12.0 Å². The minimum atomic E-state index is 0.144. The van der Waals surface area contributed by atoms with Gasteiger partial charge in [0.15, 0.2) is 0 Å². The molecule has 1 heterocycles. The quantitative estimate of drug-likeness (QED) is 0.577. The molecule has 1 nitrogen and oxygen atoms in total. The van der Waals surface area contributed by atoms with E-state index in [0.717, 1.165) is 0 Å². The second-order valence-corrected chi connectivity index (χ2v) is 5.67. The van der Waals surface area contributed by atoms with Crippen molar-refractivity contribution in [3.8, 4) is 0 Å². The van der Waals surface area contributed by atoms with Crippen LogP contribution in [0, 0.1) is 0 Å². The van der Waals surface area contributed by atoms with Crippen molar-refractivity contribution in [1.82, 2.24) is 5.32 Å². The first-order valence-electron chi connectivity index (χ1n) is 3.55. The third-order valence-corrected chi connectivity index (χ3v) is 3.70. The maximum absolute atomic E-state index is 3.25. The van der Waals surface area contributed by atoms with E-state index in [4.69, 9.17) is 0 Å². The van der Waals surface area contributed by atoms with Gasteiger partial charge in [-0.05, 0) is 32.3 Å². The summed E-state index contributed by atoms with van der Waals surface area (Å²) < 4.78 is 1.37. The van der Waals surface area contributed by atoms with Crippen LogP contribution in [-0.4, -0.2) is 11.9 Å². The van der Waals surface area contributed by atoms with Crippen LogP contribution >= 0.6 is 23.1 Å². The third-order valence-electron chi connectivity index (χ3n) is 1.45. The zero-order valence-electron chi connectivity index (χ0n) is 7.05. The number of hydrogen-bond donors (Lipinski definition) is 1. The lowest BCUT2D eigenvalue weighted by atomic mass is 10.4. The predicted octanol–water partition coefficient (Wildman–Crippen LogP) is 2.80. The van der Waals surface area contributed by atoms with Gasteiger partial charge in [0.05, 0.1) is 9.08 Å². The van der Waals surface area contributed by atoms with Crippen molar-refractivity contribution in [2.24, 2.45) is 0 Å². The summed E-state index contributed by atoms with van der Waals surface area (Å²) in [5, 5.41) is 5.35. The van der Waals surface area contributed by atoms with Gasteiger partial charge >= 0.3 is 0 Å². The van der Waals surface area contributed by atoms with Gasteiger partial charge < -0.3 is 5.32 Å². The molecule has 1 rings (SSSR count). The van der Waals surface area contributed by atoms with Gasteiger partial charge in [-0.3, -0.25) is 0 Å². The fraction of sp³-hybridized carbons (Fsp3) is 0.500. The van der Waals surface area contributed by atoms with E-state index in [9.17, 15) is 0 Å². The summed E-state index contributed by atoms with van der Waals surface area (Å²) >= 11 is 3.65. The number of rotatable bonds is 3. The number of thiophene rings is 1. The Morgan fingerprint density at radius 3 is 2.73 bits per heavy atom. The Bertz CT molecular complexity index is 204. The first-order valence-corrected chi connectivity index (χ1v) is 5.25. The Balaban J connectivity index is 2.56. The Morgan fingerprint density at radius 1 is 1.55 bits per heavy atom. The molecule has 0 amide bonds. The van der Waals surface area contributed by atoms with Crippen molar-refractivity contribution in [2.45, 2.75) is 22.9 Å². The van der Waals surface area contributed by atoms with E-state index < -0.39 is 0 Å². The van der Waals surface area contributed by atoms with Crippen LogP contribution in [0.5, 0.6) is 0 Å². The number of hydrogen-bond acceptors (Lipinski definition) is 3. The molecule has 1 aromatic rings. The standard InChI is InChI=1S/C8H13NS2/c1-8(2,9-3)11-7-5-4-6-10-7/h4-6,9H,1-3H3. The average Bonchev–Trinajstić information content (AvgIpc) is 2.39. The molecule has 0 radical (unpaired) electrons. The molecular weight excluding hydrogens is 174 g/mol. The highest BCUT2D eigenvalue weighted by Gasteiger charge is 2.16. The zero-order chi connectivity index (χ0) is 8.32. The third kappa shape index (κ3) is 2.85. The Kier molecular flexibility index (Phi) is 2.98. The molecule has 1 N–H and O–H groups in total. The maximum Gasteiger partial charge on any atom is 0.0640 e. The van der Waals surface area contributed by atoms with Crippen LogP contribution in [0.15, 0.2) is 21.7 Å². The molecule has 11 heavy (non-hydrogen) atoms. The Hall–Kier alpha value is 0.01000. The maximum atomic E-state index is 3.25. The van der Waals surface area contributed by atoms with Crippen LogP contribution in [0.3, 0.4) is 0 Å². The lowest BCUT2D eigenvalue weighted by molar-refractivity contribution is 0.609. The van der Waals surface area contributed by atoms with Gasteiger partial charge in [-0.15, -0.1) is 11.3 Å². The van der Waals surface area contributed by atoms with Gasteiger partial charge in [-0.25, -0.2) is 0 Å². The van der Waals surface area contributed by atoms with Crippen molar-refractivity contribution in [3.05, 3.63) is 17.5 Å². The molecule has 0 aliphatic heterocycles. The van der Waals surface area contributed by atoms with Crippen LogP contribution in [0.4, 0.5) is 0 Å². The molecule has 0 saturated heterocycles. The molecule has 0 aliphatic carbocycles. The summed E-state index contributed by atoms with van der Waals surface area (Å²) in [4.78, 5) is 0.144. The average molecular weight is 187 g/mol. The number of nitrogens with one attached hydrogen (secondary N) is 1. The first kappa shape index (κ1) is 9.10. The molecule has 0 saturated carbocycles. The summed E-state index contributed by atoms with van der Waals surface area (Å²) in [6.45, 7) is 4.36. The van der Waals surface area contributed by atoms with Gasteiger partial charge in [0.25, 0.3) is 0 Å². The molecule has 1 aromatic heterocycles. The largest absolute Gasteiger partial charge is 0.306 e. The van der Waals surface area contributed by atoms with E-state index in [-0.39, 0.29) is 4.87 Å². The highest BCUT2D eigenvalue weighted by molar-refractivity contribution is 8.02. The Labute approximate surface area is 76.2 Å². The second kappa shape index (κ2) is 3.61. The highest BCUT2D eigenvalue weighted by Crippen LogP contribution is 2.32. The van der Waals surface area contributed by atoms with E-state index >= 15 is 0 Å². The van der Waals surface area contributed by atoms with Crippen LogP contribution in [0.1, 0.15) is 13.8 Å². The second-order valence-electron chi connectivity index (χ2n) is 2.79. The normalized spacial score (nSPS) is 11.9. The van der Waals surface area contributed by atoms with Gasteiger partial charge in [0.2, 0.25) is 0 Å². The summed E-state index contributed by atoms with van der Waals surface area (Å²) in [7, 11) is 1.99. The molecular formula is C8H13NS2. The number of thioether (sulfide) groups is 1. The minimum absolute atomic E-state index is 0.144. The van der Waals surface area contributed by atoms with Crippen molar-refractivity contribution in [1.29, 1.82) is 0 Å². The van der Waals surface area contributed by atoms with E-state index in [0.29, 0.717) is 0 Å². The van der Waals surface area contributed by atoms with Crippen molar-refractivity contribution in [3.63, 3.8) is 0 Å². The van der Waals surface area contributed by atoms with Crippen LogP contribution in [0.2, 0.25) is 0 Å². The van der Waals surface area contributed by atoms with Gasteiger partial charge in [-0.2, -0.15) is 0 Å². The lowest BCUT2D eigenvalue weighted by Crippen LogP contribution is -2.31. The van der Waals surface area contributed by atoms with E-state index in [1.54, 1.807) is 11.3 Å².